The molecule has 1 amide bonds. The smallest absolute Gasteiger partial charge is 0.240 e. The van der Waals surface area contributed by atoms with Gasteiger partial charge >= 0.3 is 0 Å². The average Bonchev–Trinajstić information content (AvgIpc) is 2.90. The Morgan fingerprint density at radius 1 is 1.00 bits per heavy atom. The molecular weight excluding hydrogens is 286 g/mol. The van der Waals surface area contributed by atoms with Crippen LogP contribution in [0.3, 0.4) is 0 Å². The highest BCUT2D eigenvalue weighted by Crippen LogP contribution is 2.15. The van der Waals surface area contributed by atoms with Crippen molar-refractivity contribution in [2.24, 2.45) is 0 Å². The predicted molar refractivity (Wildman–Crippen MR) is 80.1 cm³/mol. The third kappa shape index (κ3) is 2.83. The first-order chi connectivity index (χ1) is 10.6. The summed E-state index contributed by atoms with van der Waals surface area (Å²) in [6.07, 6.45) is 1.81. The van der Waals surface area contributed by atoms with E-state index in [2.05, 4.69) is 5.32 Å². The first kappa shape index (κ1) is 14.3. The second-order valence-corrected chi connectivity index (χ2v) is 4.98. The molecule has 0 aliphatic heterocycles. The maximum Gasteiger partial charge on any atom is 0.240 e. The van der Waals surface area contributed by atoms with Crippen LogP contribution in [0.1, 0.15) is 5.56 Å². The van der Waals surface area contributed by atoms with E-state index in [0.29, 0.717) is 0 Å². The van der Waals surface area contributed by atoms with Gasteiger partial charge in [-0.05, 0) is 29.7 Å². The zero-order chi connectivity index (χ0) is 15.5. The molecule has 0 unspecified atom stereocenters. The van der Waals surface area contributed by atoms with Crippen LogP contribution < -0.4 is 5.32 Å². The van der Waals surface area contributed by atoms with Crippen molar-refractivity contribution in [1.82, 2.24) is 9.88 Å². The first-order valence-corrected chi connectivity index (χ1v) is 6.88. The van der Waals surface area contributed by atoms with Crippen LogP contribution in [0.15, 0.2) is 54.7 Å². The van der Waals surface area contributed by atoms with Gasteiger partial charge in [0.2, 0.25) is 5.91 Å². The monoisotopic (exact) mass is 300 g/mol. The number of rotatable bonds is 4. The van der Waals surface area contributed by atoms with Gasteiger partial charge in [-0.2, -0.15) is 0 Å². The van der Waals surface area contributed by atoms with Crippen LogP contribution in [-0.2, 0) is 17.9 Å². The zero-order valence-electron chi connectivity index (χ0n) is 11.7. The summed E-state index contributed by atoms with van der Waals surface area (Å²) in [7, 11) is 0. The van der Waals surface area contributed by atoms with Crippen LogP contribution in [-0.4, -0.2) is 10.5 Å². The van der Waals surface area contributed by atoms with Gasteiger partial charge in [0.25, 0.3) is 0 Å². The number of benzene rings is 2. The number of halogens is 2. The molecule has 3 aromatic rings. The molecule has 1 N–H and O–H groups in total. The summed E-state index contributed by atoms with van der Waals surface area (Å²) in [6, 6.07) is 13.2. The van der Waals surface area contributed by atoms with Gasteiger partial charge in [0.15, 0.2) is 0 Å². The van der Waals surface area contributed by atoms with E-state index in [1.165, 1.54) is 18.2 Å². The van der Waals surface area contributed by atoms with Crippen molar-refractivity contribution in [2.45, 2.75) is 13.1 Å². The molecule has 1 aromatic heterocycles. The van der Waals surface area contributed by atoms with Crippen LogP contribution in [0.2, 0.25) is 0 Å². The van der Waals surface area contributed by atoms with Crippen LogP contribution in [0, 0.1) is 11.6 Å². The fourth-order valence-electron chi connectivity index (χ4n) is 2.38. The van der Waals surface area contributed by atoms with E-state index in [1.807, 2.05) is 36.5 Å². The molecule has 0 saturated heterocycles. The molecule has 0 bridgehead atoms. The van der Waals surface area contributed by atoms with Gasteiger partial charge in [0.1, 0.15) is 18.2 Å². The Balaban J connectivity index is 1.68. The van der Waals surface area contributed by atoms with Gasteiger partial charge in [-0.1, -0.05) is 24.3 Å². The lowest BCUT2D eigenvalue weighted by Gasteiger charge is -2.09. The molecular formula is C17H14F2N2O. The van der Waals surface area contributed by atoms with Crippen molar-refractivity contribution >= 4 is 16.8 Å². The molecule has 0 atom stereocenters. The number of para-hydroxylation sites is 1. The standard InChI is InChI=1S/C17H14F2N2O/c18-14-5-3-6-15(19)13(14)10-20-17(22)11-21-9-8-12-4-1-2-7-16(12)21/h1-9H,10-11H2,(H,20,22). The molecule has 0 saturated carbocycles. The zero-order valence-corrected chi connectivity index (χ0v) is 11.7. The summed E-state index contributed by atoms with van der Waals surface area (Å²) < 4.78 is 28.8. The summed E-state index contributed by atoms with van der Waals surface area (Å²) >= 11 is 0. The summed E-state index contributed by atoms with van der Waals surface area (Å²) in [5, 5.41) is 3.58. The number of fused-ring (bicyclic) bond motifs is 1. The highest BCUT2D eigenvalue weighted by Gasteiger charge is 2.10. The van der Waals surface area contributed by atoms with Gasteiger partial charge in [0, 0.05) is 23.8 Å². The Kier molecular flexibility index (Phi) is 3.87. The Bertz CT molecular complexity index is 806. The molecule has 5 heteroatoms. The molecule has 112 valence electrons. The van der Waals surface area contributed by atoms with Gasteiger partial charge in [-0.15, -0.1) is 0 Å². The summed E-state index contributed by atoms with van der Waals surface area (Å²) in [5.74, 6) is -1.62. The van der Waals surface area contributed by atoms with Gasteiger partial charge in [-0.25, -0.2) is 8.78 Å². The van der Waals surface area contributed by atoms with Crippen molar-refractivity contribution < 1.29 is 13.6 Å². The third-order valence-corrected chi connectivity index (χ3v) is 3.52. The number of carbonyl (C=O) groups is 1. The molecule has 1 heterocycles. The largest absolute Gasteiger partial charge is 0.350 e. The van der Waals surface area contributed by atoms with E-state index >= 15 is 0 Å². The number of aromatic nitrogens is 1. The first-order valence-electron chi connectivity index (χ1n) is 6.88. The van der Waals surface area contributed by atoms with E-state index in [0.717, 1.165) is 10.9 Å². The van der Waals surface area contributed by atoms with E-state index in [1.54, 1.807) is 4.57 Å². The highest BCUT2D eigenvalue weighted by molar-refractivity contribution is 5.83. The van der Waals surface area contributed by atoms with Crippen LogP contribution in [0.5, 0.6) is 0 Å². The van der Waals surface area contributed by atoms with Crippen LogP contribution in [0.4, 0.5) is 8.78 Å². The van der Waals surface area contributed by atoms with Crippen molar-refractivity contribution in [3.8, 4) is 0 Å². The lowest BCUT2D eigenvalue weighted by atomic mass is 10.2. The van der Waals surface area contributed by atoms with E-state index in [4.69, 9.17) is 0 Å². The van der Waals surface area contributed by atoms with Gasteiger partial charge in [-0.3, -0.25) is 4.79 Å². The Morgan fingerprint density at radius 2 is 1.73 bits per heavy atom. The molecule has 0 radical (unpaired) electrons. The minimum absolute atomic E-state index is 0.101. The van der Waals surface area contributed by atoms with E-state index in [9.17, 15) is 13.6 Å². The molecule has 3 rings (SSSR count). The maximum atomic E-state index is 13.5. The van der Waals surface area contributed by atoms with E-state index in [-0.39, 0.29) is 24.6 Å². The lowest BCUT2D eigenvalue weighted by Crippen LogP contribution is -2.27. The molecule has 2 aromatic carbocycles. The number of nitrogens with one attached hydrogen (secondary N) is 1. The summed E-state index contributed by atoms with van der Waals surface area (Å²) in [5.41, 5.74) is 0.808. The average molecular weight is 300 g/mol. The second-order valence-electron chi connectivity index (χ2n) is 4.98. The minimum atomic E-state index is -0.660. The number of amides is 1. The normalized spacial score (nSPS) is 10.8. The second kappa shape index (κ2) is 5.97. The quantitative estimate of drug-likeness (QED) is 0.788. The van der Waals surface area contributed by atoms with Gasteiger partial charge in [0.05, 0.1) is 0 Å². The maximum absolute atomic E-state index is 13.5. The fraction of sp³-hybridized carbons (Fsp3) is 0.118. The number of hydrogen-bond acceptors (Lipinski definition) is 1. The predicted octanol–water partition coefficient (Wildman–Crippen LogP) is 3.24. The minimum Gasteiger partial charge on any atom is -0.350 e. The van der Waals surface area contributed by atoms with Crippen LogP contribution in [0.25, 0.3) is 10.9 Å². The van der Waals surface area contributed by atoms with Crippen molar-refractivity contribution in [3.05, 3.63) is 71.9 Å². The Hall–Kier alpha value is -2.69. The number of hydrogen-bond donors (Lipinski definition) is 1. The highest BCUT2D eigenvalue weighted by atomic mass is 19.1. The Labute approximate surface area is 126 Å². The lowest BCUT2D eigenvalue weighted by molar-refractivity contribution is -0.121. The molecule has 3 nitrogen and oxygen atoms in total. The van der Waals surface area contributed by atoms with Crippen LogP contribution >= 0.6 is 0 Å². The van der Waals surface area contributed by atoms with Gasteiger partial charge < -0.3 is 9.88 Å². The van der Waals surface area contributed by atoms with Crippen molar-refractivity contribution in [3.63, 3.8) is 0 Å². The molecule has 22 heavy (non-hydrogen) atoms. The molecule has 0 aliphatic rings. The molecule has 0 fully saturated rings. The van der Waals surface area contributed by atoms with Crippen molar-refractivity contribution in [2.75, 3.05) is 0 Å². The van der Waals surface area contributed by atoms with Crippen molar-refractivity contribution in [1.29, 1.82) is 0 Å². The molecule has 0 aliphatic carbocycles. The van der Waals surface area contributed by atoms with E-state index < -0.39 is 11.6 Å². The third-order valence-electron chi connectivity index (χ3n) is 3.52. The summed E-state index contributed by atoms with van der Waals surface area (Å²) in [4.78, 5) is 12.0. The Morgan fingerprint density at radius 3 is 2.50 bits per heavy atom. The number of nitrogens with zero attached hydrogens (tertiary/aromatic N) is 1. The fourth-order valence-corrected chi connectivity index (χ4v) is 2.38. The SMILES string of the molecule is O=C(Cn1ccc2ccccc21)NCc1c(F)cccc1F. The molecule has 0 spiro atoms. The number of carbonyl (C=O) groups excluding carboxylic acids is 1. The summed E-state index contributed by atoms with van der Waals surface area (Å²) in [6.45, 7) is -0.0693. The topological polar surface area (TPSA) is 34.0 Å².